The second-order valence-corrected chi connectivity index (χ2v) is 4.04. The van der Waals surface area contributed by atoms with E-state index in [1.807, 2.05) is 0 Å². The van der Waals surface area contributed by atoms with Crippen molar-refractivity contribution >= 4 is 5.82 Å². The molecule has 0 saturated carbocycles. The van der Waals surface area contributed by atoms with Crippen LogP contribution in [0.25, 0.3) is 10.4 Å². The molecule has 0 radical (unpaired) electrons. The molecule has 108 valence electrons. The zero-order valence-electron chi connectivity index (χ0n) is 9.94. The molecule has 5 N–H and O–H groups in total. The summed E-state index contributed by atoms with van der Waals surface area (Å²) in [4.78, 5) is 17.4. The summed E-state index contributed by atoms with van der Waals surface area (Å²) in [5.41, 5.74) is 10.7. The molecule has 1 fully saturated rings. The summed E-state index contributed by atoms with van der Waals surface area (Å²) < 4.78 is 5.74. The fourth-order valence-corrected chi connectivity index (χ4v) is 1.82. The van der Waals surface area contributed by atoms with E-state index in [1.165, 1.54) is 0 Å². The van der Waals surface area contributed by atoms with E-state index in [9.17, 15) is 20.1 Å². The van der Waals surface area contributed by atoms with Crippen LogP contribution >= 0.6 is 0 Å². The van der Waals surface area contributed by atoms with Gasteiger partial charge in [-0.1, -0.05) is 5.11 Å². The molecule has 0 amide bonds. The molecular formula is C8H11N7O5. The Morgan fingerprint density at radius 1 is 1.65 bits per heavy atom. The van der Waals surface area contributed by atoms with Gasteiger partial charge in [0.2, 0.25) is 5.72 Å². The Morgan fingerprint density at radius 3 is 2.90 bits per heavy atom. The van der Waals surface area contributed by atoms with Gasteiger partial charge in [-0.3, -0.25) is 0 Å². The van der Waals surface area contributed by atoms with Crippen molar-refractivity contribution in [2.75, 3.05) is 12.3 Å². The van der Waals surface area contributed by atoms with E-state index in [-0.39, 0.29) is 5.82 Å². The van der Waals surface area contributed by atoms with Gasteiger partial charge >= 0.3 is 5.69 Å². The Bertz CT molecular complexity index is 613. The molecule has 12 nitrogen and oxygen atoms in total. The second-order valence-electron chi connectivity index (χ2n) is 4.04. The SMILES string of the molecule is [N-]=[N+]=N[C@@]1(CO)OC(n2ncc(N)nc2=O)C(O)C1O. The van der Waals surface area contributed by atoms with Crippen LogP contribution in [0.4, 0.5) is 5.82 Å². The Balaban J connectivity index is 2.45. The molecule has 3 unspecified atom stereocenters. The monoisotopic (exact) mass is 285 g/mol. The van der Waals surface area contributed by atoms with Gasteiger partial charge < -0.3 is 25.8 Å². The molecule has 2 heterocycles. The van der Waals surface area contributed by atoms with Gasteiger partial charge in [-0.25, -0.2) is 4.79 Å². The molecule has 1 aliphatic heterocycles. The lowest BCUT2D eigenvalue weighted by molar-refractivity contribution is -0.128. The molecule has 0 aromatic carbocycles. The molecule has 1 aromatic rings. The van der Waals surface area contributed by atoms with Gasteiger partial charge in [0, 0.05) is 4.91 Å². The molecule has 1 saturated heterocycles. The fourth-order valence-electron chi connectivity index (χ4n) is 1.82. The van der Waals surface area contributed by atoms with Crippen LogP contribution < -0.4 is 11.4 Å². The number of hydrogen-bond donors (Lipinski definition) is 4. The maximum Gasteiger partial charge on any atom is 0.368 e. The summed E-state index contributed by atoms with van der Waals surface area (Å²) in [6.07, 6.45) is -3.86. The van der Waals surface area contributed by atoms with Gasteiger partial charge in [0.15, 0.2) is 6.23 Å². The van der Waals surface area contributed by atoms with E-state index < -0.39 is 36.5 Å². The van der Waals surface area contributed by atoms with E-state index in [1.54, 1.807) is 0 Å². The predicted molar refractivity (Wildman–Crippen MR) is 61.8 cm³/mol. The zero-order valence-corrected chi connectivity index (χ0v) is 9.94. The van der Waals surface area contributed by atoms with Crippen LogP contribution in [-0.2, 0) is 4.74 Å². The summed E-state index contributed by atoms with van der Waals surface area (Å²) in [5.74, 6) is -0.136. The highest BCUT2D eigenvalue weighted by atomic mass is 16.6. The van der Waals surface area contributed by atoms with Crippen molar-refractivity contribution in [3.05, 3.63) is 27.1 Å². The largest absolute Gasteiger partial charge is 0.393 e. The first kappa shape index (κ1) is 14.2. The maximum absolute atomic E-state index is 11.6. The minimum absolute atomic E-state index is 0.136. The summed E-state index contributed by atoms with van der Waals surface area (Å²) in [6.45, 7) is -0.900. The number of aliphatic hydroxyl groups is 3. The van der Waals surface area contributed by atoms with E-state index in [0.717, 1.165) is 6.20 Å². The summed E-state index contributed by atoms with van der Waals surface area (Å²) in [7, 11) is 0. The van der Waals surface area contributed by atoms with Crippen molar-refractivity contribution in [3.8, 4) is 0 Å². The third kappa shape index (κ3) is 2.07. The number of rotatable bonds is 3. The zero-order chi connectivity index (χ0) is 14.9. The van der Waals surface area contributed by atoms with Crippen LogP contribution in [0, 0.1) is 0 Å². The van der Waals surface area contributed by atoms with E-state index in [2.05, 4.69) is 20.1 Å². The van der Waals surface area contributed by atoms with Crippen LogP contribution in [0.3, 0.4) is 0 Å². The first-order chi connectivity index (χ1) is 9.45. The first-order valence-corrected chi connectivity index (χ1v) is 5.37. The van der Waals surface area contributed by atoms with Crippen LogP contribution in [0.15, 0.2) is 16.1 Å². The molecule has 1 aliphatic rings. The van der Waals surface area contributed by atoms with Crippen molar-refractivity contribution in [1.29, 1.82) is 0 Å². The van der Waals surface area contributed by atoms with Gasteiger partial charge in [-0.05, 0) is 5.53 Å². The highest BCUT2D eigenvalue weighted by Gasteiger charge is 2.55. The predicted octanol–water partition coefficient (Wildman–Crippen LogP) is -2.53. The molecule has 12 heteroatoms. The minimum Gasteiger partial charge on any atom is -0.393 e. The van der Waals surface area contributed by atoms with Crippen molar-refractivity contribution in [2.45, 2.75) is 24.2 Å². The van der Waals surface area contributed by atoms with Gasteiger partial charge in [0.25, 0.3) is 0 Å². The lowest BCUT2D eigenvalue weighted by Gasteiger charge is -2.23. The van der Waals surface area contributed by atoms with Crippen molar-refractivity contribution in [2.24, 2.45) is 5.11 Å². The van der Waals surface area contributed by atoms with Gasteiger partial charge in [-0.2, -0.15) is 14.8 Å². The van der Waals surface area contributed by atoms with Crippen LogP contribution in [-0.4, -0.2) is 54.6 Å². The quantitative estimate of drug-likeness (QED) is 0.265. The molecule has 1 aromatic heterocycles. The Labute approximate surface area is 110 Å². The van der Waals surface area contributed by atoms with E-state index in [4.69, 9.17) is 16.0 Å². The molecule has 4 atom stereocenters. The Morgan fingerprint density at radius 2 is 2.35 bits per heavy atom. The van der Waals surface area contributed by atoms with Gasteiger partial charge in [0.05, 0.1) is 12.8 Å². The van der Waals surface area contributed by atoms with E-state index >= 15 is 0 Å². The number of anilines is 1. The third-order valence-electron chi connectivity index (χ3n) is 2.82. The number of aliphatic hydroxyl groups excluding tert-OH is 3. The first-order valence-electron chi connectivity index (χ1n) is 5.37. The molecule has 0 bridgehead atoms. The van der Waals surface area contributed by atoms with E-state index in [0.29, 0.717) is 4.68 Å². The summed E-state index contributed by atoms with van der Waals surface area (Å²) in [6, 6.07) is 0. The second kappa shape index (κ2) is 5.03. The van der Waals surface area contributed by atoms with Crippen LogP contribution in [0.2, 0.25) is 0 Å². The summed E-state index contributed by atoms with van der Waals surface area (Å²) >= 11 is 0. The van der Waals surface area contributed by atoms with Crippen molar-refractivity contribution < 1.29 is 20.1 Å². The Kier molecular flexibility index (Phi) is 3.57. The number of hydrogen-bond acceptors (Lipinski definition) is 9. The standard InChI is InChI=1S/C8H11N7O5/c9-3-1-11-15(7(19)12-3)6-4(17)5(18)8(2-16,20-6)13-14-10/h1,4-6,16-18H,2H2,(H2,9,12,19)/t4?,5?,6?,8-/m0/s1. The fraction of sp³-hybridized carbons (Fsp3) is 0.625. The number of aromatic nitrogens is 3. The lowest BCUT2D eigenvalue weighted by atomic mass is 10.1. The topological polar surface area (TPSA) is 192 Å². The normalized spacial score (nSPS) is 32.9. The number of nitrogens with two attached hydrogens (primary N) is 1. The molecule has 0 spiro atoms. The highest BCUT2D eigenvalue weighted by molar-refractivity contribution is 5.19. The Hall–Kier alpha value is -2.24. The number of nitrogen functional groups attached to an aromatic ring is 1. The van der Waals surface area contributed by atoms with Gasteiger partial charge in [0.1, 0.15) is 18.0 Å². The van der Waals surface area contributed by atoms with Crippen molar-refractivity contribution in [1.82, 2.24) is 14.8 Å². The average Bonchev–Trinajstić information content (AvgIpc) is 2.65. The molecular weight excluding hydrogens is 274 g/mol. The van der Waals surface area contributed by atoms with Crippen LogP contribution in [0.1, 0.15) is 6.23 Å². The third-order valence-corrected chi connectivity index (χ3v) is 2.82. The van der Waals surface area contributed by atoms with Gasteiger partial charge in [-0.15, -0.1) is 0 Å². The van der Waals surface area contributed by atoms with Crippen LogP contribution in [0.5, 0.6) is 0 Å². The molecule has 0 aliphatic carbocycles. The average molecular weight is 285 g/mol. The maximum atomic E-state index is 11.6. The lowest BCUT2D eigenvalue weighted by Crippen LogP contribution is -2.44. The number of ether oxygens (including phenoxy) is 1. The summed E-state index contributed by atoms with van der Waals surface area (Å²) in [5, 5.41) is 35.7. The minimum atomic E-state index is -2.11. The number of azide groups is 1. The smallest absolute Gasteiger partial charge is 0.368 e. The molecule has 2 rings (SSSR count). The van der Waals surface area contributed by atoms with Crippen molar-refractivity contribution in [3.63, 3.8) is 0 Å². The number of nitrogens with zero attached hydrogens (tertiary/aromatic N) is 6. The molecule has 20 heavy (non-hydrogen) atoms. The highest BCUT2D eigenvalue weighted by Crippen LogP contribution is 2.37.